The SMILES string of the molecule is Cc1ccc(CN(C)C(=O)C2(C#N)CCC2)o1. The molecule has 1 saturated carbocycles. The minimum absolute atomic E-state index is 0.0831. The molecule has 90 valence electrons. The quantitative estimate of drug-likeness (QED) is 0.803. The predicted octanol–water partition coefficient (Wildman–Crippen LogP) is 2.24. The summed E-state index contributed by atoms with van der Waals surface area (Å²) in [6, 6.07) is 5.90. The first-order chi connectivity index (χ1) is 8.07. The maximum atomic E-state index is 12.2. The molecule has 4 heteroatoms. The number of carbonyl (C=O) groups excluding carboxylic acids is 1. The molecule has 0 atom stereocenters. The van der Waals surface area contributed by atoms with Crippen LogP contribution >= 0.6 is 0 Å². The number of nitrogens with zero attached hydrogens (tertiary/aromatic N) is 2. The molecule has 1 aromatic heterocycles. The Morgan fingerprint density at radius 2 is 2.29 bits per heavy atom. The molecule has 0 radical (unpaired) electrons. The molecular formula is C13H16N2O2. The summed E-state index contributed by atoms with van der Waals surface area (Å²) in [5.74, 6) is 1.51. The van der Waals surface area contributed by atoms with Crippen molar-refractivity contribution in [3.63, 3.8) is 0 Å². The lowest BCUT2D eigenvalue weighted by Gasteiger charge is -2.36. The van der Waals surface area contributed by atoms with Crippen LogP contribution in [0.1, 0.15) is 30.8 Å². The van der Waals surface area contributed by atoms with Gasteiger partial charge in [0.25, 0.3) is 0 Å². The number of hydrogen-bond donors (Lipinski definition) is 0. The third-order valence-corrected chi connectivity index (χ3v) is 3.37. The van der Waals surface area contributed by atoms with Crippen LogP contribution in [-0.4, -0.2) is 17.9 Å². The Hall–Kier alpha value is -1.76. The topological polar surface area (TPSA) is 57.2 Å². The lowest BCUT2D eigenvalue weighted by atomic mass is 9.69. The van der Waals surface area contributed by atoms with Gasteiger partial charge >= 0.3 is 0 Å². The molecule has 0 saturated heterocycles. The van der Waals surface area contributed by atoms with Gasteiger partial charge in [-0.1, -0.05) is 0 Å². The van der Waals surface area contributed by atoms with Gasteiger partial charge in [-0.25, -0.2) is 0 Å². The maximum Gasteiger partial charge on any atom is 0.243 e. The predicted molar refractivity (Wildman–Crippen MR) is 61.8 cm³/mol. The molecule has 0 unspecified atom stereocenters. The van der Waals surface area contributed by atoms with E-state index in [1.54, 1.807) is 11.9 Å². The lowest BCUT2D eigenvalue weighted by molar-refractivity contribution is -0.142. The fourth-order valence-corrected chi connectivity index (χ4v) is 2.14. The van der Waals surface area contributed by atoms with Crippen molar-refractivity contribution in [2.75, 3.05) is 7.05 Å². The van der Waals surface area contributed by atoms with Crippen molar-refractivity contribution in [2.45, 2.75) is 32.7 Å². The number of rotatable bonds is 3. The lowest BCUT2D eigenvalue weighted by Crippen LogP contribution is -2.45. The Bertz CT molecular complexity index is 466. The van der Waals surface area contributed by atoms with Crippen molar-refractivity contribution in [2.24, 2.45) is 5.41 Å². The average molecular weight is 232 g/mol. The summed E-state index contributed by atoms with van der Waals surface area (Å²) in [6.07, 6.45) is 2.33. The number of aryl methyl sites for hydroxylation is 1. The van der Waals surface area contributed by atoms with Crippen molar-refractivity contribution in [3.8, 4) is 6.07 Å². The standard InChI is InChI=1S/C13H16N2O2/c1-10-4-5-11(17-10)8-15(2)12(16)13(9-14)6-3-7-13/h4-5H,3,6-8H2,1-2H3. The monoisotopic (exact) mass is 232 g/mol. The van der Waals surface area contributed by atoms with Crippen LogP contribution in [0.4, 0.5) is 0 Å². The molecule has 4 nitrogen and oxygen atoms in total. The zero-order valence-electron chi connectivity index (χ0n) is 10.2. The van der Waals surface area contributed by atoms with E-state index in [0.29, 0.717) is 19.4 Å². The van der Waals surface area contributed by atoms with Gasteiger partial charge in [0, 0.05) is 7.05 Å². The largest absolute Gasteiger partial charge is 0.464 e. The molecule has 1 fully saturated rings. The molecule has 0 aromatic carbocycles. The van der Waals surface area contributed by atoms with Gasteiger partial charge in [-0.05, 0) is 38.3 Å². The van der Waals surface area contributed by atoms with E-state index in [1.807, 2.05) is 19.1 Å². The molecule has 0 spiro atoms. The van der Waals surface area contributed by atoms with Gasteiger partial charge in [0.1, 0.15) is 16.9 Å². The van der Waals surface area contributed by atoms with Gasteiger partial charge in [0.05, 0.1) is 12.6 Å². The second kappa shape index (κ2) is 4.25. The summed E-state index contributed by atoms with van der Waals surface area (Å²) in [5.41, 5.74) is -0.767. The van der Waals surface area contributed by atoms with Crippen molar-refractivity contribution >= 4 is 5.91 Å². The van der Waals surface area contributed by atoms with Gasteiger partial charge < -0.3 is 9.32 Å². The molecule has 1 aliphatic carbocycles. The molecule has 17 heavy (non-hydrogen) atoms. The van der Waals surface area contributed by atoms with Gasteiger partial charge in [-0.2, -0.15) is 5.26 Å². The molecule has 2 rings (SSSR count). The Labute approximate surface area is 101 Å². The van der Waals surface area contributed by atoms with Crippen LogP contribution in [0.5, 0.6) is 0 Å². The van der Waals surface area contributed by atoms with Crippen LogP contribution in [0.25, 0.3) is 0 Å². The summed E-state index contributed by atoms with van der Waals surface area (Å²) < 4.78 is 5.43. The molecular weight excluding hydrogens is 216 g/mol. The van der Waals surface area contributed by atoms with E-state index in [2.05, 4.69) is 6.07 Å². The maximum absolute atomic E-state index is 12.2. The number of carbonyl (C=O) groups is 1. The first-order valence-electron chi connectivity index (χ1n) is 5.79. The Morgan fingerprint density at radius 1 is 1.59 bits per heavy atom. The summed E-state index contributed by atoms with van der Waals surface area (Å²) >= 11 is 0. The van der Waals surface area contributed by atoms with Crippen LogP contribution in [0, 0.1) is 23.7 Å². The van der Waals surface area contributed by atoms with Crippen molar-refractivity contribution in [3.05, 3.63) is 23.7 Å². The Kier molecular flexibility index (Phi) is 2.93. The Balaban J connectivity index is 2.03. The van der Waals surface area contributed by atoms with E-state index in [4.69, 9.17) is 9.68 Å². The van der Waals surface area contributed by atoms with Gasteiger partial charge in [-0.15, -0.1) is 0 Å². The van der Waals surface area contributed by atoms with Gasteiger partial charge in [0.2, 0.25) is 5.91 Å². The van der Waals surface area contributed by atoms with Crippen LogP contribution in [0.15, 0.2) is 16.5 Å². The second-order valence-electron chi connectivity index (χ2n) is 4.72. The van der Waals surface area contributed by atoms with E-state index in [1.165, 1.54) is 0 Å². The van der Waals surface area contributed by atoms with Crippen molar-refractivity contribution in [1.82, 2.24) is 4.90 Å². The molecule has 1 aromatic rings. The van der Waals surface area contributed by atoms with Crippen LogP contribution in [0.3, 0.4) is 0 Å². The number of hydrogen-bond acceptors (Lipinski definition) is 3. The van der Waals surface area contributed by atoms with E-state index in [0.717, 1.165) is 17.9 Å². The average Bonchev–Trinajstić information content (AvgIpc) is 2.63. The third kappa shape index (κ3) is 2.05. The summed E-state index contributed by atoms with van der Waals surface area (Å²) in [6.45, 7) is 2.30. The minimum Gasteiger partial charge on any atom is -0.464 e. The summed E-state index contributed by atoms with van der Waals surface area (Å²) in [7, 11) is 1.72. The molecule has 1 aliphatic rings. The second-order valence-corrected chi connectivity index (χ2v) is 4.72. The van der Waals surface area contributed by atoms with E-state index >= 15 is 0 Å². The third-order valence-electron chi connectivity index (χ3n) is 3.37. The van der Waals surface area contributed by atoms with Crippen LogP contribution in [0.2, 0.25) is 0 Å². The van der Waals surface area contributed by atoms with Crippen molar-refractivity contribution < 1.29 is 9.21 Å². The number of nitriles is 1. The summed E-state index contributed by atoms with van der Waals surface area (Å²) in [5, 5.41) is 9.11. The highest BCUT2D eigenvalue weighted by atomic mass is 16.3. The van der Waals surface area contributed by atoms with Crippen molar-refractivity contribution in [1.29, 1.82) is 5.26 Å². The van der Waals surface area contributed by atoms with E-state index in [-0.39, 0.29) is 5.91 Å². The normalized spacial score (nSPS) is 17.0. The zero-order valence-corrected chi connectivity index (χ0v) is 10.2. The highest BCUT2D eigenvalue weighted by Crippen LogP contribution is 2.41. The highest BCUT2D eigenvalue weighted by Gasteiger charge is 2.46. The first-order valence-corrected chi connectivity index (χ1v) is 5.79. The minimum atomic E-state index is -0.767. The number of furan rings is 1. The zero-order chi connectivity index (χ0) is 12.5. The number of amides is 1. The molecule has 1 amide bonds. The van der Waals surface area contributed by atoms with E-state index < -0.39 is 5.41 Å². The highest BCUT2D eigenvalue weighted by molar-refractivity contribution is 5.86. The molecule has 0 bridgehead atoms. The molecule has 0 aliphatic heterocycles. The summed E-state index contributed by atoms with van der Waals surface area (Å²) in [4.78, 5) is 13.7. The molecule has 1 heterocycles. The van der Waals surface area contributed by atoms with Gasteiger partial charge in [0.15, 0.2) is 0 Å². The molecule has 0 N–H and O–H groups in total. The smallest absolute Gasteiger partial charge is 0.243 e. The van der Waals surface area contributed by atoms with Gasteiger partial charge in [-0.3, -0.25) is 4.79 Å². The van der Waals surface area contributed by atoms with Crippen LogP contribution < -0.4 is 0 Å². The first kappa shape index (κ1) is 11.7. The fraction of sp³-hybridized carbons (Fsp3) is 0.538. The fourth-order valence-electron chi connectivity index (χ4n) is 2.14. The van der Waals surface area contributed by atoms with E-state index in [9.17, 15) is 4.79 Å². The Morgan fingerprint density at radius 3 is 2.71 bits per heavy atom. The van der Waals surface area contributed by atoms with Crippen LogP contribution in [-0.2, 0) is 11.3 Å².